The van der Waals surface area contributed by atoms with Crippen LogP contribution in [0.2, 0.25) is 0 Å². The molecule has 1 aromatic carbocycles. The minimum atomic E-state index is -0.0667. The largest absolute Gasteiger partial charge is 0.300 e. The Morgan fingerprint density at radius 3 is 2.41 bits per heavy atom. The summed E-state index contributed by atoms with van der Waals surface area (Å²) in [6.07, 6.45) is 7.33. The Hall–Kier alpha value is -1.77. The van der Waals surface area contributed by atoms with Gasteiger partial charge in [-0.3, -0.25) is 14.4 Å². The molecule has 0 bridgehead atoms. The lowest BCUT2D eigenvalue weighted by molar-refractivity contribution is -0.129. The Labute approximate surface area is 176 Å². The fourth-order valence-corrected chi connectivity index (χ4v) is 5.31. The number of carbonyl (C=O) groups is 3. The van der Waals surface area contributed by atoms with E-state index < -0.39 is 0 Å². The summed E-state index contributed by atoms with van der Waals surface area (Å²) in [5.74, 6) is 0.792. The van der Waals surface area contributed by atoms with Gasteiger partial charge in [-0.1, -0.05) is 52.2 Å². The molecule has 0 amide bonds. The van der Waals surface area contributed by atoms with Crippen molar-refractivity contribution in [1.29, 1.82) is 0 Å². The Morgan fingerprint density at radius 1 is 1.10 bits per heavy atom. The van der Waals surface area contributed by atoms with Crippen LogP contribution in [0.1, 0.15) is 99.7 Å². The molecule has 0 spiro atoms. The van der Waals surface area contributed by atoms with Crippen molar-refractivity contribution >= 4 is 17.3 Å². The third kappa shape index (κ3) is 5.87. The zero-order valence-electron chi connectivity index (χ0n) is 19.0. The highest BCUT2D eigenvalue weighted by molar-refractivity contribution is 6.00. The molecule has 0 saturated heterocycles. The number of benzene rings is 1. The Bertz CT molecular complexity index is 747. The molecular formula is C26H38O3. The van der Waals surface area contributed by atoms with Crippen LogP contribution in [-0.4, -0.2) is 17.3 Å². The molecule has 1 aliphatic rings. The normalized spacial score (nSPS) is 18.2. The number of Topliss-reactive ketones (excluding diaryl/α,β-unsaturated/α-hetero) is 3. The van der Waals surface area contributed by atoms with Crippen LogP contribution in [0.5, 0.6) is 0 Å². The molecule has 2 rings (SSSR count). The summed E-state index contributed by atoms with van der Waals surface area (Å²) in [6, 6.07) is 4.29. The number of ketones is 3. The van der Waals surface area contributed by atoms with Crippen LogP contribution in [0.25, 0.3) is 0 Å². The van der Waals surface area contributed by atoms with Gasteiger partial charge in [0.25, 0.3) is 0 Å². The second-order valence-corrected chi connectivity index (χ2v) is 8.99. The average Bonchev–Trinajstić information content (AvgIpc) is 2.64. The zero-order chi connectivity index (χ0) is 21.6. The van der Waals surface area contributed by atoms with Crippen molar-refractivity contribution in [2.75, 3.05) is 0 Å². The van der Waals surface area contributed by atoms with Crippen LogP contribution < -0.4 is 0 Å². The van der Waals surface area contributed by atoms with Gasteiger partial charge >= 0.3 is 0 Å². The number of aryl methyl sites for hydroxylation is 2. The molecular weight excluding hydrogens is 360 g/mol. The number of fused-ring (bicyclic) bond motifs is 1. The van der Waals surface area contributed by atoms with Crippen molar-refractivity contribution in [2.45, 2.75) is 92.4 Å². The molecule has 0 heterocycles. The first kappa shape index (κ1) is 23.5. The van der Waals surface area contributed by atoms with E-state index in [0.717, 1.165) is 56.1 Å². The third-order valence-electron chi connectivity index (χ3n) is 6.52. The highest BCUT2D eigenvalue weighted by Crippen LogP contribution is 2.37. The maximum Gasteiger partial charge on any atom is 0.163 e. The number of hydrogen-bond donors (Lipinski definition) is 0. The summed E-state index contributed by atoms with van der Waals surface area (Å²) in [6.45, 7) is 9.92. The van der Waals surface area contributed by atoms with E-state index >= 15 is 0 Å². The topological polar surface area (TPSA) is 51.2 Å². The molecule has 1 aliphatic carbocycles. The van der Waals surface area contributed by atoms with E-state index in [2.05, 4.69) is 32.9 Å². The summed E-state index contributed by atoms with van der Waals surface area (Å²) in [7, 11) is 0. The summed E-state index contributed by atoms with van der Waals surface area (Å²) < 4.78 is 0. The summed E-state index contributed by atoms with van der Waals surface area (Å²) in [5, 5.41) is 0. The van der Waals surface area contributed by atoms with Gasteiger partial charge in [-0.05, 0) is 68.1 Å². The molecule has 3 atom stereocenters. The molecule has 0 fully saturated rings. The minimum Gasteiger partial charge on any atom is -0.300 e. The van der Waals surface area contributed by atoms with Crippen LogP contribution >= 0.6 is 0 Å². The van der Waals surface area contributed by atoms with E-state index in [0.29, 0.717) is 12.3 Å². The van der Waals surface area contributed by atoms with E-state index in [9.17, 15) is 14.4 Å². The van der Waals surface area contributed by atoms with Crippen molar-refractivity contribution in [3.05, 3.63) is 34.4 Å². The zero-order valence-corrected chi connectivity index (χ0v) is 19.0. The van der Waals surface area contributed by atoms with Crippen molar-refractivity contribution in [2.24, 2.45) is 17.8 Å². The maximum absolute atomic E-state index is 13.0. The van der Waals surface area contributed by atoms with Gasteiger partial charge in [-0.15, -0.1) is 0 Å². The van der Waals surface area contributed by atoms with Gasteiger partial charge < -0.3 is 0 Å². The highest BCUT2D eigenvalue weighted by Gasteiger charge is 2.33. The standard InChI is InChI=1S/C26H38O3/c1-6-9-20-12-11-17(4)26-23(20)15-19(16-25(26)29)14-21(10-7-2)22(8-3)24(28)13-18(5)27/h11-12,19,21-22H,6-10,13-16H2,1-5H3. The molecule has 1 aromatic rings. The SMILES string of the molecule is CCCc1ccc(C)c2c1CC(CC(CCC)C(CC)C(=O)CC(C)=O)CC2=O. The Kier molecular flexibility index (Phi) is 8.79. The van der Waals surface area contributed by atoms with Crippen LogP contribution in [0, 0.1) is 24.7 Å². The lowest BCUT2D eigenvalue weighted by Crippen LogP contribution is -2.30. The van der Waals surface area contributed by atoms with Crippen molar-refractivity contribution < 1.29 is 14.4 Å². The first-order valence-electron chi connectivity index (χ1n) is 11.5. The van der Waals surface area contributed by atoms with Gasteiger partial charge in [0.2, 0.25) is 0 Å². The Morgan fingerprint density at radius 2 is 1.83 bits per heavy atom. The van der Waals surface area contributed by atoms with E-state index in [1.807, 2.05) is 6.92 Å². The van der Waals surface area contributed by atoms with Crippen LogP contribution in [-0.2, 0) is 22.4 Å². The second kappa shape index (κ2) is 10.8. The molecule has 0 N–H and O–H groups in total. The highest BCUT2D eigenvalue weighted by atomic mass is 16.1. The fraction of sp³-hybridized carbons (Fsp3) is 0.654. The first-order valence-corrected chi connectivity index (χ1v) is 11.5. The predicted molar refractivity (Wildman–Crippen MR) is 118 cm³/mol. The average molecular weight is 399 g/mol. The third-order valence-corrected chi connectivity index (χ3v) is 6.52. The van der Waals surface area contributed by atoms with Crippen LogP contribution in [0.15, 0.2) is 12.1 Å². The van der Waals surface area contributed by atoms with Gasteiger partial charge in [-0.25, -0.2) is 0 Å². The van der Waals surface area contributed by atoms with E-state index in [-0.39, 0.29) is 35.6 Å². The van der Waals surface area contributed by atoms with Crippen molar-refractivity contribution in [3.8, 4) is 0 Å². The van der Waals surface area contributed by atoms with E-state index in [4.69, 9.17) is 0 Å². The number of hydrogen-bond acceptors (Lipinski definition) is 3. The molecule has 0 saturated carbocycles. The van der Waals surface area contributed by atoms with Crippen molar-refractivity contribution in [1.82, 2.24) is 0 Å². The second-order valence-electron chi connectivity index (χ2n) is 8.99. The lowest BCUT2D eigenvalue weighted by atomic mass is 9.71. The van der Waals surface area contributed by atoms with Crippen LogP contribution in [0.4, 0.5) is 0 Å². The molecule has 3 heteroatoms. The van der Waals surface area contributed by atoms with Crippen LogP contribution in [0.3, 0.4) is 0 Å². The maximum atomic E-state index is 13.0. The van der Waals surface area contributed by atoms with Gasteiger partial charge in [0, 0.05) is 17.9 Å². The van der Waals surface area contributed by atoms with Gasteiger partial charge in [-0.2, -0.15) is 0 Å². The summed E-state index contributed by atoms with van der Waals surface area (Å²) in [4.78, 5) is 37.2. The molecule has 3 nitrogen and oxygen atoms in total. The summed E-state index contributed by atoms with van der Waals surface area (Å²) >= 11 is 0. The van der Waals surface area contributed by atoms with E-state index in [1.165, 1.54) is 18.1 Å². The minimum absolute atomic E-state index is 0.0466. The monoisotopic (exact) mass is 398 g/mol. The molecule has 3 unspecified atom stereocenters. The molecule has 29 heavy (non-hydrogen) atoms. The van der Waals surface area contributed by atoms with Crippen molar-refractivity contribution in [3.63, 3.8) is 0 Å². The van der Waals surface area contributed by atoms with Gasteiger partial charge in [0.1, 0.15) is 11.6 Å². The quantitative estimate of drug-likeness (QED) is 0.425. The van der Waals surface area contributed by atoms with Gasteiger partial charge in [0.15, 0.2) is 5.78 Å². The van der Waals surface area contributed by atoms with Gasteiger partial charge in [0.05, 0.1) is 6.42 Å². The number of carbonyl (C=O) groups excluding carboxylic acids is 3. The molecule has 160 valence electrons. The molecule has 0 aromatic heterocycles. The smallest absolute Gasteiger partial charge is 0.163 e. The Balaban J connectivity index is 2.26. The predicted octanol–water partition coefficient (Wildman–Crippen LogP) is 6.07. The lowest BCUT2D eigenvalue weighted by Gasteiger charge is -2.32. The number of rotatable bonds is 11. The van der Waals surface area contributed by atoms with E-state index in [1.54, 1.807) is 0 Å². The molecule has 0 radical (unpaired) electrons. The fourth-order valence-electron chi connectivity index (χ4n) is 5.31. The molecule has 0 aliphatic heterocycles. The first-order chi connectivity index (χ1) is 13.8. The summed E-state index contributed by atoms with van der Waals surface area (Å²) in [5.41, 5.74) is 4.62.